The third-order valence-corrected chi connectivity index (χ3v) is 3.95. The third-order valence-electron chi connectivity index (χ3n) is 3.95. The average Bonchev–Trinajstić information content (AvgIpc) is 2.99. The smallest absolute Gasteiger partial charge is 0.281 e. The lowest BCUT2D eigenvalue weighted by atomic mass is 10.1. The number of aromatic nitrogens is 4. The molecule has 3 aromatic heterocycles. The first-order valence-corrected chi connectivity index (χ1v) is 7.71. The Bertz CT molecular complexity index is 948. The summed E-state index contributed by atoms with van der Waals surface area (Å²) in [5.41, 5.74) is 2.24. The van der Waals surface area contributed by atoms with Crippen molar-refractivity contribution >= 4 is 0 Å². The van der Waals surface area contributed by atoms with Crippen molar-refractivity contribution in [3.8, 4) is 11.4 Å². The molecule has 0 radical (unpaired) electrons. The molecule has 3 aromatic rings. The van der Waals surface area contributed by atoms with Crippen molar-refractivity contribution in [2.45, 2.75) is 33.3 Å². The Kier molecular flexibility index (Phi) is 3.85. The molecule has 6 heteroatoms. The Morgan fingerprint density at radius 1 is 1.08 bits per heavy atom. The molecule has 0 bridgehead atoms. The molecule has 0 amide bonds. The van der Waals surface area contributed by atoms with Crippen LogP contribution in [0.2, 0.25) is 0 Å². The van der Waals surface area contributed by atoms with Crippen LogP contribution >= 0.6 is 0 Å². The van der Waals surface area contributed by atoms with E-state index < -0.39 is 5.60 Å². The molecule has 24 heavy (non-hydrogen) atoms. The number of rotatable bonds is 3. The molecule has 124 valence electrons. The minimum Gasteiger partial charge on any atom is -0.384 e. The molecule has 3 heterocycles. The van der Waals surface area contributed by atoms with Gasteiger partial charge in [-0.05, 0) is 57.5 Å². The fraction of sp³-hybridized carbons (Fsp3) is 0.278. The van der Waals surface area contributed by atoms with Gasteiger partial charge in [0.1, 0.15) is 11.3 Å². The van der Waals surface area contributed by atoms with E-state index in [-0.39, 0.29) is 5.56 Å². The van der Waals surface area contributed by atoms with Gasteiger partial charge in [0.15, 0.2) is 0 Å². The van der Waals surface area contributed by atoms with Crippen molar-refractivity contribution in [1.82, 2.24) is 19.3 Å². The van der Waals surface area contributed by atoms with E-state index in [4.69, 9.17) is 0 Å². The van der Waals surface area contributed by atoms with E-state index in [9.17, 15) is 9.90 Å². The van der Waals surface area contributed by atoms with E-state index in [2.05, 4.69) is 10.1 Å². The molecular formula is C18H20N4O2. The summed E-state index contributed by atoms with van der Waals surface area (Å²) in [6.07, 6.45) is 5.08. The number of pyridine rings is 2. The highest BCUT2D eigenvalue weighted by Gasteiger charge is 2.20. The first-order valence-electron chi connectivity index (χ1n) is 7.71. The predicted octanol–water partition coefficient (Wildman–Crippen LogP) is 2.26. The van der Waals surface area contributed by atoms with Crippen molar-refractivity contribution < 1.29 is 5.11 Å². The van der Waals surface area contributed by atoms with Crippen LogP contribution in [-0.4, -0.2) is 24.4 Å². The Morgan fingerprint density at radius 3 is 2.46 bits per heavy atom. The Balaban J connectivity index is 2.19. The normalized spacial score (nSPS) is 11.7. The lowest BCUT2D eigenvalue weighted by Gasteiger charge is -2.15. The van der Waals surface area contributed by atoms with E-state index in [1.807, 2.05) is 26.0 Å². The molecule has 6 nitrogen and oxygen atoms in total. The summed E-state index contributed by atoms with van der Waals surface area (Å²) in [5.74, 6) is 0. The summed E-state index contributed by atoms with van der Waals surface area (Å²) in [6.45, 7) is 7.12. The highest BCUT2D eigenvalue weighted by atomic mass is 16.3. The standard InChI is InChI=1S/C18H20N4O2/c1-12-11-19-9-7-14(12)22-13(2)5-6-15(17(22)23)21-10-8-16(20-21)18(3,4)24/h5-11,24H,1-4H3. The fourth-order valence-electron chi connectivity index (χ4n) is 2.60. The number of hydrogen-bond donors (Lipinski definition) is 1. The average molecular weight is 324 g/mol. The Labute approximate surface area is 140 Å². The summed E-state index contributed by atoms with van der Waals surface area (Å²) in [5, 5.41) is 14.4. The number of aryl methyl sites for hydroxylation is 2. The van der Waals surface area contributed by atoms with Gasteiger partial charge < -0.3 is 5.11 Å². The molecule has 0 spiro atoms. The summed E-state index contributed by atoms with van der Waals surface area (Å²) in [7, 11) is 0. The van der Waals surface area contributed by atoms with Crippen LogP contribution in [0, 0.1) is 13.8 Å². The molecule has 1 N–H and O–H groups in total. The van der Waals surface area contributed by atoms with Crippen LogP contribution in [0.15, 0.2) is 47.7 Å². The maximum atomic E-state index is 13.0. The van der Waals surface area contributed by atoms with Crippen LogP contribution in [0.3, 0.4) is 0 Å². The second-order valence-electron chi connectivity index (χ2n) is 6.37. The third kappa shape index (κ3) is 2.76. The van der Waals surface area contributed by atoms with Crippen molar-refractivity contribution in [1.29, 1.82) is 0 Å². The molecule has 0 unspecified atom stereocenters. The lowest BCUT2D eigenvalue weighted by molar-refractivity contribution is 0.0734. The molecule has 0 aliphatic carbocycles. The monoisotopic (exact) mass is 324 g/mol. The Hall–Kier alpha value is -2.73. The van der Waals surface area contributed by atoms with Gasteiger partial charge in [-0.3, -0.25) is 14.3 Å². The first-order chi connectivity index (χ1) is 11.3. The number of hydrogen-bond acceptors (Lipinski definition) is 4. The van der Waals surface area contributed by atoms with Gasteiger partial charge in [-0.1, -0.05) is 0 Å². The number of nitrogens with zero attached hydrogens (tertiary/aromatic N) is 4. The highest BCUT2D eigenvalue weighted by molar-refractivity contribution is 5.43. The molecule has 0 saturated heterocycles. The minimum absolute atomic E-state index is 0.172. The summed E-state index contributed by atoms with van der Waals surface area (Å²) >= 11 is 0. The van der Waals surface area contributed by atoms with Crippen molar-refractivity contribution in [3.05, 3.63) is 70.2 Å². The minimum atomic E-state index is -1.06. The predicted molar refractivity (Wildman–Crippen MR) is 91.7 cm³/mol. The van der Waals surface area contributed by atoms with Crippen LogP contribution in [0.1, 0.15) is 30.8 Å². The second-order valence-corrected chi connectivity index (χ2v) is 6.37. The molecule has 0 saturated carbocycles. The summed E-state index contributed by atoms with van der Waals surface area (Å²) in [6, 6.07) is 7.15. The van der Waals surface area contributed by atoms with Gasteiger partial charge in [0, 0.05) is 24.3 Å². The number of aliphatic hydroxyl groups is 1. The van der Waals surface area contributed by atoms with Gasteiger partial charge in [0.05, 0.1) is 11.4 Å². The van der Waals surface area contributed by atoms with E-state index >= 15 is 0 Å². The fourth-order valence-corrected chi connectivity index (χ4v) is 2.60. The summed E-state index contributed by atoms with van der Waals surface area (Å²) in [4.78, 5) is 17.1. The van der Waals surface area contributed by atoms with E-state index in [0.717, 1.165) is 16.9 Å². The highest BCUT2D eigenvalue weighted by Crippen LogP contribution is 2.18. The zero-order valence-corrected chi connectivity index (χ0v) is 14.2. The van der Waals surface area contributed by atoms with E-state index in [1.54, 1.807) is 49.1 Å². The van der Waals surface area contributed by atoms with Crippen LogP contribution in [0.4, 0.5) is 0 Å². The van der Waals surface area contributed by atoms with E-state index in [0.29, 0.717) is 11.4 Å². The topological polar surface area (TPSA) is 72.9 Å². The zero-order valence-electron chi connectivity index (χ0n) is 14.2. The maximum absolute atomic E-state index is 13.0. The van der Waals surface area contributed by atoms with Crippen LogP contribution in [0.5, 0.6) is 0 Å². The SMILES string of the molecule is Cc1cnccc1-n1c(C)ccc(-n2ccc(C(C)(C)O)n2)c1=O. The van der Waals surface area contributed by atoms with Gasteiger partial charge in [-0.15, -0.1) is 0 Å². The maximum Gasteiger partial charge on any atom is 0.281 e. The largest absolute Gasteiger partial charge is 0.384 e. The molecule has 0 aliphatic rings. The molecule has 0 aromatic carbocycles. The zero-order chi connectivity index (χ0) is 17.5. The second kappa shape index (κ2) is 5.72. The lowest BCUT2D eigenvalue weighted by Crippen LogP contribution is -2.26. The molecular weight excluding hydrogens is 304 g/mol. The molecule has 0 aliphatic heterocycles. The molecule has 3 rings (SSSR count). The van der Waals surface area contributed by atoms with Crippen molar-refractivity contribution in [2.24, 2.45) is 0 Å². The molecule has 0 atom stereocenters. The van der Waals surface area contributed by atoms with Gasteiger partial charge in [-0.25, -0.2) is 4.68 Å². The van der Waals surface area contributed by atoms with E-state index in [1.165, 1.54) is 4.68 Å². The molecule has 0 fully saturated rings. The van der Waals surface area contributed by atoms with Crippen LogP contribution in [0.25, 0.3) is 11.4 Å². The van der Waals surface area contributed by atoms with Gasteiger partial charge in [0.2, 0.25) is 0 Å². The van der Waals surface area contributed by atoms with Crippen molar-refractivity contribution in [3.63, 3.8) is 0 Å². The Morgan fingerprint density at radius 2 is 1.83 bits per heavy atom. The van der Waals surface area contributed by atoms with Gasteiger partial charge in [0.25, 0.3) is 5.56 Å². The van der Waals surface area contributed by atoms with Gasteiger partial charge in [-0.2, -0.15) is 5.10 Å². The first kappa shape index (κ1) is 16.1. The van der Waals surface area contributed by atoms with Gasteiger partial charge >= 0.3 is 0 Å². The van der Waals surface area contributed by atoms with Crippen LogP contribution in [-0.2, 0) is 5.60 Å². The van der Waals surface area contributed by atoms with Crippen molar-refractivity contribution in [2.75, 3.05) is 0 Å². The van der Waals surface area contributed by atoms with Crippen LogP contribution < -0.4 is 5.56 Å². The summed E-state index contributed by atoms with van der Waals surface area (Å²) < 4.78 is 3.15. The quantitative estimate of drug-likeness (QED) is 0.802.